The Balaban J connectivity index is 1.51. The second-order valence-electron chi connectivity index (χ2n) is 8.67. The van der Waals surface area contributed by atoms with Crippen LogP contribution in [0.5, 0.6) is 0 Å². The number of nitrogens with zero attached hydrogens (tertiary/aromatic N) is 5. The third-order valence-corrected chi connectivity index (χ3v) is 6.38. The number of rotatable bonds is 8. The lowest BCUT2D eigenvalue weighted by Gasteiger charge is -2.34. The fourth-order valence-corrected chi connectivity index (χ4v) is 4.24. The topological polar surface area (TPSA) is 83.5 Å². The van der Waals surface area contributed by atoms with Crippen molar-refractivity contribution in [2.75, 3.05) is 19.6 Å². The Bertz CT molecular complexity index is 1010. The van der Waals surface area contributed by atoms with E-state index in [1.807, 2.05) is 30.7 Å². The molecule has 1 aliphatic rings. The predicted octanol–water partition coefficient (Wildman–Crippen LogP) is 3.74. The molecule has 0 aliphatic carbocycles. The normalized spacial score (nSPS) is 17.0. The zero-order valence-corrected chi connectivity index (χ0v) is 19.9. The standard InChI is InChI=1S/C25H35N7O/c1-19(21-11-6-4-7-12-21)28-25(27-18-24-30-29-20(2)31(24)3)26-17-22(23-13-10-16-33-23)32-14-8-5-9-15-32/h4,6-7,10-13,16,19,22H,5,8-9,14-15,17-18H2,1-3H3,(H2,26,27,28). The van der Waals surface area contributed by atoms with Crippen molar-refractivity contribution in [3.8, 4) is 0 Å². The summed E-state index contributed by atoms with van der Waals surface area (Å²) in [7, 11) is 1.97. The van der Waals surface area contributed by atoms with Crippen LogP contribution in [0.15, 0.2) is 58.1 Å². The van der Waals surface area contributed by atoms with Gasteiger partial charge in [0.15, 0.2) is 11.8 Å². The molecule has 1 saturated heterocycles. The van der Waals surface area contributed by atoms with Crippen LogP contribution < -0.4 is 10.6 Å². The van der Waals surface area contributed by atoms with Crippen LogP contribution in [0.1, 0.15) is 61.2 Å². The van der Waals surface area contributed by atoms with E-state index in [0.29, 0.717) is 13.1 Å². The summed E-state index contributed by atoms with van der Waals surface area (Å²) in [6.45, 7) is 7.43. The molecule has 3 aromatic rings. The van der Waals surface area contributed by atoms with Crippen molar-refractivity contribution in [1.29, 1.82) is 0 Å². The lowest BCUT2D eigenvalue weighted by molar-refractivity contribution is 0.146. The van der Waals surface area contributed by atoms with Crippen LogP contribution in [0.25, 0.3) is 0 Å². The fourth-order valence-electron chi connectivity index (χ4n) is 4.24. The summed E-state index contributed by atoms with van der Waals surface area (Å²) in [4.78, 5) is 7.37. The van der Waals surface area contributed by atoms with Gasteiger partial charge in [0.25, 0.3) is 0 Å². The minimum Gasteiger partial charge on any atom is -0.468 e. The first-order chi connectivity index (χ1) is 16.1. The zero-order chi connectivity index (χ0) is 23.0. The number of piperidine rings is 1. The van der Waals surface area contributed by atoms with Gasteiger partial charge in [0.2, 0.25) is 0 Å². The molecule has 0 bridgehead atoms. The number of furan rings is 1. The summed E-state index contributed by atoms with van der Waals surface area (Å²) in [5.74, 6) is 3.45. The number of likely N-dealkylation sites (tertiary alicyclic amines) is 1. The molecular weight excluding hydrogens is 414 g/mol. The molecule has 1 aromatic carbocycles. The number of aliphatic imine (C=N–C) groups is 1. The Morgan fingerprint density at radius 2 is 1.88 bits per heavy atom. The molecule has 0 amide bonds. The molecule has 1 aliphatic heterocycles. The molecule has 8 heteroatoms. The molecule has 176 valence electrons. The zero-order valence-electron chi connectivity index (χ0n) is 19.9. The molecular formula is C25H35N7O. The molecule has 0 radical (unpaired) electrons. The number of hydrogen-bond acceptors (Lipinski definition) is 5. The summed E-state index contributed by atoms with van der Waals surface area (Å²) in [5.41, 5.74) is 1.21. The molecule has 2 atom stereocenters. The highest BCUT2D eigenvalue weighted by atomic mass is 16.3. The van der Waals surface area contributed by atoms with Crippen LogP contribution in [0.2, 0.25) is 0 Å². The molecule has 2 unspecified atom stereocenters. The molecule has 0 spiro atoms. The summed E-state index contributed by atoms with van der Waals surface area (Å²) in [5, 5.41) is 15.6. The van der Waals surface area contributed by atoms with Crippen molar-refractivity contribution in [2.45, 2.75) is 51.7 Å². The van der Waals surface area contributed by atoms with Gasteiger partial charge in [-0.2, -0.15) is 0 Å². The van der Waals surface area contributed by atoms with Crippen molar-refractivity contribution >= 4 is 5.96 Å². The van der Waals surface area contributed by atoms with Crippen LogP contribution in [-0.4, -0.2) is 45.3 Å². The van der Waals surface area contributed by atoms with Gasteiger partial charge in [-0.05, 0) is 57.5 Å². The first-order valence-corrected chi connectivity index (χ1v) is 11.8. The van der Waals surface area contributed by atoms with Gasteiger partial charge in [0, 0.05) is 13.6 Å². The largest absolute Gasteiger partial charge is 0.468 e. The lowest BCUT2D eigenvalue weighted by Crippen LogP contribution is -2.45. The average Bonchev–Trinajstić information content (AvgIpc) is 3.49. The second-order valence-corrected chi connectivity index (χ2v) is 8.67. The molecule has 0 saturated carbocycles. The minimum atomic E-state index is 0.107. The smallest absolute Gasteiger partial charge is 0.192 e. The van der Waals surface area contributed by atoms with Crippen LogP contribution in [0, 0.1) is 6.92 Å². The van der Waals surface area contributed by atoms with E-state index in [9.17, 15) is 0 Å². The summed E-state index contributed by atoms with van der Waals surface area (Å²) >= 11 is 0. The molecule has 2 N–H and O–H groups in total. The van der Waals surface area contributed by atoms with Gasteiger partial charge < -0.3 is 19.6 Å². The maximum absolute atomic E-state index is 5.82. The van der Waals surface area contributed by atoms with Crippen molar-refractivity contribution in [1.82, 2.24) is 30.3 Å². The number of guanidine groups is 1. The number of aromatic nitrogens is 3. The van der Waals surface area contributed by atoms with Crippen molar-refractivity contribution in [2.24, 2.45) is 12.0 Å². The van der Waals surface area contributed by atoms with Gasteiger partial charge in [-0.15, -0.1) is 10.2 Å². The van der Waals surface area contributed by atoms with E-state index < -0.39 is 0 Å². The van der Waals surface area contributed by atoms with Gasteiger partial charge in [-0.1, -0.05) is 36.8 Å². The van der Waals surface area contributed by atoms with E-state index >= 15 is 0 Å². The summed E-state index contributed by atoms with van der Waals surface area (Å²) in [6, 6.07) is 14.7. The van der Waals surface area contributed by atoms with E-state index in [0.717, 1.165) is 36.5 Å². The van der Waals surface area contributed by atoms with Gasteiger partial charge in [-0.25, -0.2) is 4.99 Å². The highest BCUT2D eigenvalue weighted by Crippen LogP contribution is 2.24. The van der Waals surface area contributed by atoms with Crippen LogP contribution >= 0.6 is 0 Å². The van der Waals surface area contributed by atoms with Crippen LogP contribution in [-0.2, 0) is 13.6 Å². The molecule has 1 fully saturated rings. The van der Waals surface area contributed by atoms with Crippen LogP contribution in [0.3, 0.4) is 0 Å². The third-order valence-electron chi connectivity index (χ3n) is 6.38. The molecule has 2 aromatic heterocycles. The number of nitrogens with one attached hydrogen (secondary N) is 2. The Hall–Kier alpha value is -3.13. The summed E-state index contributed by atoms with van der Waals surface area (Å²) < 4.78 is 7.79. The van der Waals surface area contributed by atoms with Crippen molar-refractivity contribution in [3.05, 3.63) is 71.7 Å². The van der Waals surface area contributed by atoms with Crippen LogP contribution in [0.4, 0.5) is 0 Å². The Morgan fingerprint density at radius 3 is 2.55 bits per heavy atom. The molecule has 4 rings (SSSR count). The monoisotopic (exact) mass is 449 g/mol. The lowest BCUT2D eigenvalue weighted by atomic mass is 10.1. The summed E-state index contributed by atoms with van der Waals surface area (Å²) in [6.07, 6.45) is 5.52. The van der Waals surface area contributed by atoms with E-state index in [1.165, 1.54) is 24.8 Å². The number of aryl methyl sites for hydroxylation is 1. The first-order valence-electron chi connectivity index (χ1n) is 11.8. The van der Waals surface area contributed by atoms with Gasteiger partial charge >= 0.3 is 0 Å². The third kappa shape index (κ3) is 6.01. The van der Waals surface area contributed by atoms with Gasteiger partial charge in [0.1, 0.15) is 18.1 Å². The van der Waals surface area contributed by atoms with E-state index in [-0.39, 0.29) is 12.1 Å². The fraction of sp³-hybridized carbons (Fsp3) is 0.480. The van der Waals surface area contributed by atoms with E-state index in [2.05, 4.69) is 63.0 Å². The molecule has 8 nitrogen and oxygen atoms in total. The Morgan fingerprint density at radius 1 is 1.09 bits per heavy atom. The SMILES string of the molecule is Cc1nnc(CN=C(NCC(c2ccco2)N2CCCCC2)NC(C)c2ccccc2)n1C. The minimum absolute atomic E-state index is 0.107. The molecule has 3 heterocycles. The Labute approximate surface area is 196 Å². The number of benzene rings is 1. The first kappa shape index (κ1) is 23.0. The predicted molar refractivity (Wildman–Crippen MR) is 130 cm³/mol. The maximum atomic E-state index is 5.82. The Kier molecular flexibility index (Phi) is 7.78. The van der Waals surface area contributed by atoms with Crippen molar-refractivity contribution < 1.29 is 4.42 Å². The average molecular weight is 450 g/mol. The number of hydrogen-bond donors (Lipinski definition) is 2. The maximum Gasteiger partial charge on any atom is 0.192 e. The van der Waals surface area contributed by atoms with Crippen molar-refractivity contribution in [3.63, 3.8) is 0 Å². The molecule has 33 heavy (non-hydrogen) atoms. The second kappa shape index (κ2) is 11.1. The highest BCUT2D eigenvalue weighted by molar-refractivity contribution is 5.80. The van der Waals surface area contributed by atoms with Gasteiger partial charge in [0.05, 0.1) is 18.3 Å². The van der Waals surface area contributed by atoms with E-state index in [4.69, 9.17) is 9.41 Å². The van der Waals surface area contributed by atoms with Gasteiger partial charge in [-0.3, -0.25) is 4.90 Å². The van der Waals surface area contributed by atoms with E-state index in [1.54, 1.807) is 6.26 Å². The highest BCUT2D eigenvalue weighted by Gasteiger charge is 2.25. The quantitative estimate of drug-likeness (QED) is 0.403.